The minimum Gasteiger partial charge on any atom is -0.361 e. The molecular formula is C21H21N3. The molecule has 2 atom stereocenters. The molecule has 0 spiro atoms. The second-order valence-electron chi connectivity index (χ2n) is 6.90. The zero-order valence-electron chi connectivity index (χ0n) is 13.9. The maximum atomic E-state index is 9.02. The molecule has 3 nitrogen and oxygen atoms in total. The van der Waals surface area contributed by atoms with E-state index in [1.165, 1.54) is 22.9 Å². The average molecular weight is 315 g/mol. The van der Waals surface area contributed by atoms with Crippen molar-refractivity contribution < 1.29 is 0 Å². The Morgan fingerprint density at radius 1 is 1.21 bits per heavy atom. The summed E-state index contributed by atoms with van der Waals surface area (Å²) in [4.78, 5) is 5.75. The Hall–Kier alpha value is -2.57. The first-order valence-corrected chi connectivity index (χ1v) is 8.48. The lowest BCUT2D eigenvalue weighted by atomic mass is 10.1. The number of nitrogens with one attached hydrogen (secondary N) is 1. The number of nitrogens with zero attached hydrogens (tertiary/aromatic N) is 2. The summed E-state index contributed by atoms with van der Waals surface area (Å²) >= 11 is 0. The maximum Gasteiger partial charge on any atom is 0.0992 e. The third kappa shape index (κ3) is 2.93. The molecule has 0 aliphatic heterocycles. The van der Waals surface area contributed by atoms with Gasteiger partial charge in [-0.2, -0.15) is 5.26 Å². The fraction of sp³-hybridized carbons (Fsp3) is 0.286. The van der Waals surface area contributed by atoms with Crippen LogP contribution in [0.4, 0.5) is 0 Å². The highest BCUT2D eigenvalue weighted by atomic mass is 15.1. The zero-order chi connectivity index (χ0) is 16.5. The van der Waals surface area contributed by atoms with Crippen molar-refractivity contribution in [3.8, 4) is 6.07 Å². The van der Waals surface area contributed by atoms with E-state index < -0.39 is 0 Å². The number of benzene rings is 2. The van der Waals surface area contributed by atoms with Gasteiger partial charge in [-0.25, -0.2) is 0 Å². The quantitative estimate of drug-likeness (QED) is 0.764. The van der Waals surface area contributed by atoms with Crippen molar-refractivity contribution in [1.82, 2.24) is 9.88 Å². The van der Waals surface area contributed by atoms with E-state index in [0.29, 0.717) is 11.5 Å². The summed E-state index contributed by atoms with van der Waals surface area (Å²) in [6.45, 7) is 2.13. The van der Waals surface area contributed by atoms with Crippen LogP contribution in [0.15, 0.2) is 54.7 Å². The van der Waals surface area contributed by atoms with Gasteiger partial charge in [-0.3, -0.25) is 0 Å². The highest BCUT2D eigenvalue weighted by Crippen LogP contribution is 2.49. The Balaban J connectivity index is 1.42. The average Bonchev–Trinajstić information content (AvgIpc) is 3.22. The maximum absolute atomic E-state index is 9.02. The molecule has 1 fully saturated rings. The molecule has 3 heteroatoms. The van der Waals surface area contributed by atoms with E-state index in [1.54, 1.807) is 0 Å². The van der Waals surface area contributed by atoms with E-state index in [0.717, 1.165) is 24.5 Å². The van der Waals surface area contributed by atoms with Crippen molar-refractivity contribution in [2.45, 2.75) is 18.9 Å². The van der Waals surface area contributed by atoms with Gasteiger partial charge in [0.25, 0.3) is 0 Å². The number of rotatable bonds is 5. The molecule has 0 radical (unpaired) electrons. The molecule has 24 heavy (non-hydrogen) atoms. The molecular weight excluding hydrogens is 294 g/mol. The lowest BCUT2D eigenvalue weighted by molar-refractivity contribution is 0.311. The molecule has 1 aliphatic rings. The Labute approximate surface area is 142 Å². The number of H-pyrrole nitrogens is 1. The van der Waals surface area contributed by atoms with E-state index in [-0.39, 0.29) is 0 Å². The fourth-order valence-electron chi connectivity index (χ4n) is 3.72. The number of fused-ring (bicyclic) bond motifs is 1. The first kappa shape index (κ1) is 15.0. The lowest BCUT2D eigenvalue weighted by Crippen LogP contribution is -2.20. The van der Waals surface area contributed by atoms with Gasteiger partial charge < -0.3 is 9.88 Å². The highest BCUT2D eigenvalue weighted by molar-refractivity contribution is 5.85. The van der Waals surface area contributed by atoms with E-state index in [1.807, 2.05) is 12.1 Å². The molecule has 0 saturated heterocycles. The van der Waals surface area contributed by atoms with Crippen LogP contribution in [0.2, 0.25) is 0 Å². The molecule has 1 saturated carbocycles. The largest absolute Gasteiger partial charge is 0.361 e. The number of aromatic nitrogens is 1. The van der Waals surface area contributed by atoms with Crippen LogP contribution in [0, 0.1) is 17.2 Å². The number of hydrogen-bond donors (Lipinski definition) is 1. The first-order valence-electron chi connectivity index (χ1n) is 8.48. The minimum atomic E-state index is 0.643. The van der Waals surface area contributed by atoms with E-state index in [9.17, 15) is 0 Å². The summed E-state index contributed by atoms with van der Waals surface area (Å²) in [6, 6.07) is 18.8. The summed E-state index contributed by atoms with van der Waals surface area (Å²) in [6.07, 6.45) is 3.39. The van der Waals surface area contributed by atoms with Crippen molar-refractivity contribution in [1.29, 1.82) is 5.26 Å². The van der Waals surface area contributed by atoms with Crippen molar-refractivity contribution >= 4 is 10.9 Å². The normalized spacial score (nSPS) is 19.5. The molecule has 4 rings (SSSR count). The van der Waals surface area contributed by atoms with Crippen molar-refractivity contribution in [3.63, 3.8) is 0 Å². The molecule has 1 aromatic heterocycles. The summed E-state index contributed by atoms with van der Waals surface area (Å²) in [5, 5.41) is 10.3. The Morgan fingerprint density at radius 3 is 2.83 bits per heavy atom. The topological polar surface area (TPSA) is 42.8 Å². The predicted molar refractivity (Wildman–Crippen MR) is 96.6 cm³/mol. The van der Waals surface area contributed by atoms with Gasteiger partial charge in [0.05, 0.1) is 11.6 Å². The van der Waals surface area contributed by atoms with Gasteiger partial charge in [-0.15, -0.1) is 0 Å². The minimum absolute atomic E-state index is 0.643. The van der Waals surface area contributed by atoms with Crippen LogP contribution >= 0.6 is 0 Å². The number of nitriles is 1. The predicted octanol–water partition coefficient (Wildman–Crippen LogP) is 4.28. The van der Waals surface area contributed by atoms with Crippen LogP contribution in [0.1, 0.15) is 29.0 Å². The summed E-state index contributed by atoms with van der Waals surface area (Å²) in [5.74, 6) is 1.37. The third-order valence-electron chi connectivity index (χ3n) is 5.01. The van der Waals surface area contributed by atoms with Gasteiger partial charge in [-0.1, -0.05) is 36.4 Å². The summed E-state index contributed by atoms with van der Waals surface area (Å²) < 4.78 is 0. The van der Waals surface area contributed by atoms with Crippen LogP contribution in [-0.4, -0.2) is 23.5 Å². The molecule has 1 aliphatic carbocycles. The van der Waals surface area contributed by atoms with Crippen LogP contribution in [-0.2, 0) is 6.54 Å². The second-order valence-corrected chi connectivity index (χ2v) is 6.90. The van der Waals surface area contributed by atoms with Crippen molar-refractivity contribution in [2.24, 2.45) is 5.92 Å². The monoisotopic (exact) mass is 315 g/mol. The van der Waals surface area contributed by atoms with Gasteiger partial charge in [-0.05, 0) is 48.6 Å². The highest BCUT2D eigenvalue weighted by Gasteiger charge is 2.40. The molecule has 1 N–H and O–H groups in total. The van der Waals surface area contributed by atoms with Crippen LogP contribution < -0.4 is 0 Å². The van der Waals surface area contributed by atoms with Crippen molar-refractivity contribution in [3.05, 3.63) is 71.4 Å². The molecule has 0 amide bonds. The lowest BCUT2D eigenvalue weighted by Gasteiger charge is -2.16. The third-order valence-corrected chi connectivity index (χ3v) is 5.01. The zero-order valence-corrected chi connectivity index (χ0v) is 13.9. The Kier molecular flexibility index (Phi) is 3.84. The summed E-state index contributed by atoms with van der Waals surface area (Å²) in [5.41, 5.74) is 4.57. The van der Waals surface area contributed by atoms with Gasteiger partial charge in [0.1, 0.15) is 0 Å². The molecule has 1 heterocycles. The van der Waals surface area contributed by atoms with Crippen LogP contribution in [0.25, 0.3) is 10.9 Å². The first-order chi connectivity index (χ1) is 11.7. The van der Waals surface area contributed by atoms with Gasteiger partial charge in [0.15, 0.2) is 0 Å². The van der Waals surface area contributed by atoms with E-state index in [2.05, 4.69) is 65.6 Å². The number of hydrogen-bond acceptors (Lipinski definition) is 2. The van der Waals surface area contributed by atoms with Crippen LogP contribution in [0.5, 0.6) is 0 Å². The van der Waals surface area contributed by atoms with Crippen LogP contribution in [0.3, 0.4) is 0 Å². The fourth-order valence-corrected chi connectivity index (χ4v) is 3.72. The Morgan fingerprint density at radius 2 is 2.04 bits per heavy atom. The smallest absolute Gasteiger partial charge is 0.0992 e. The Bertz CT molecular complexity index is 888. The number of aromatic amines is 1. The van der Waals surface area contributed by atoms with Gasteiger partial charge in [0, 0.05) is 30.2 Å². The standard InChI is InChI=1S/C21H21N3/c1-24(13-15-5-3-2-4-6-15)14-17-10-19(17)20-12-23-21-9-16(11-22)7-8-18(20)21/h2-9,12,17,19,23H,10,13-14H2,1H3/t17?,19-/m1/s1. The molecule has 2 aromatic carbocycles. The molecule has 120 valence electrons. The second kappa shape index (κ2) is 6.14. The van der Waals surface area contributed by atoms with Crippen molar-refractivity contribution in [2.75, 3.05) is 13.6 Å². The molecule has 3 aromatic rings. The molecule has 1 unspecified atom stereocenters. The van der Waals surface area contributed by atoms with E-state index in [4.69, 9.17) is 5.26 Å². The molecule has 0 bridgehead atoms. The van der Waals surface area contributed by atoms with Gasteiger partial charge in [0.2, 0.25) is 0 Å². The SMILES string of the molecule is CN(Cc1ccccc1)CC1C[C@H]1c1c[nH]c2cc(C#N)ccc12. The summed E-state index contributed by atoms with van der Waals surface area (Å²) in [7, 11) is 2.21. The van der Waals surface area contributed by atoms with Gasteiger partial charge >= 0.3 is 0 Å². The van der Waals surface area contributed by atoms with E-state index >= 15 is 0 Å².